The highest BCUT2D eigenvalue weighted by Gasteiger charge is 2.03. The number of aromatic nitrogens is 1. The number of aromatic amines is 1. The van der Waals surface area contributed by atoms with Crippen molar-refractivity contribution < 1.29 is 14.3 Å². The molecule has 0 unspecified atom stereocenters. The van der Waals surface area contributed by atoms with Crippen molar-refractivity contribution in [1.82, 2.24) is 4.98 Å². The van der Waals surface area contributed by atoms with Crippen LogP contribution in [0, 0.1) is 6.92 Å². The van der Waals surface area contributed by atoms with Gasteiger partial charge in [-0.3, -0.25) is 9.59 Å². The summed E-state index contributed by atoms with van der Waals surface area (Å²) in [7, 11) is 3.13. The number of rotatable bonds is 5. The Morgan fingerprint density at radius 1 is 1.13 bits per heavy atom. The van der Waals surface area contributed by atoms with Gasteiger partial charge in [-0.25, -0.2) is 0 Å². The van der Waals surface area contributed by atoms with Crippen LogP contribution in [0.15, 0.2) is 41.3 Å². The summed E-state index contributed by atoms with van der Waals surface area (Å²) in [5.41, 5.74) is 1.81. The van der Waals surface area contributed by atoms with E-state index in [4.69, 9.17) is 9.47 Å². The predicted octanol–water partition coefficient (Wildman–Crippen LogP) is 2.35. The molecule has 0 aliphatic rings. The number of aryl methyl sites for hydroxylation is 1. The van der Waals surface area contributed by atoms with Crippen LogP contribution in [0.3, 0.4) is 0 Å². The lowest BCUT2D eigenvalue weighted by molar-refractivity contribution is -0.111. The first-order valence-corrected chi connectivity index (χ1v) is 6.93. The van der Waals surface area contributed by atoms with Crippen LogP contribution < -0.4 is 20.3 Å². The number of pyridine rings is 1. The van der Waals surface area contributed by atoms with Crippen molar-refractivity contribution in [1.29, 1.82) is 0 Å². The highest BCUT2D eigenvalue weighted by atomic mass is 16.5. The summed E-state index contributed by atoms with van der Waals surface area (Å²) in [4.78, 5) is 25.7. The normalized spacial score (nSPS) is 10.6. The number of carbonyl (C=O) groups excluding carboxylic acids is 1. The zero-order chi connectivity index (χ0) is 16.8. The lowest BCUT2D eigenvalue weighted by atomic mass is 10.2. The Kier molecular flexibility index (Phi) is 5.19. The summed E-state index contributed by atoms with van der Waals surface area (Å²) in [6.45, 7) is 1.75. The number of hydrogen-bond acceptors (Lipinski definition) is 4. The standard InChI is InChI=1S/C17H18N2O4/c1-11-6-17(21)18-10-15(11)19-16(20)5-4-12-7-13(22-2)9-14(8-12)23-3/h4-10H,1-3H3,(H,18,21)(H,19,20). The molecule has 1 amide bonds. The van der Waals surface area contributed by atoms with Gasteiger partial charge in [0.15, 0.2) is 0 Å². The highest BCUT2D eigenvalue weighted by molar-refractivity contribution is 6.02. The molecule has 0 saturated heterocycles. The maximum atomic E-state index is 12.0. The fraction of sp³-hybridized carbons (Fsp3) is 0.176. The quantitative estimate of drug-likeness (QED) is 0.830. The van der Waals surface area contributed by atoms with E-state index in [-0.39, 0.29) is 11.5 Å². The Morgan fingerprint density at radius 3 is 2.35 bits per heavy atom. The molecule has 0 bridgehead atoms. The van der Waals surface area contributed by atoms with E-state index in [1.807, 2.05) is 0 Å². The second kappa shape index (κ2) is 7.31. The Morgan fingerprint density at radius 2 is 1.78 bits per heavy atom. The monoisotopic (exact) mass is 314 g/mol. The average molecular weight is 314 g/mol. The van der Waals surface area contributed by atoms with Gasteiger partial charge in [0.2, 0.25) is 11.5 Å². The Bertz CT molecular complexity index is 771. The van der Waals surface area contributed by atoms with Gasteiger partial charge in [0.25, 0.3) is 0 Å². The third-order valence-corrected chi connectivity index (χ3v) is 3.19. The number of nitrogens with one attached hydrogen (secondary N) is 2. The molecule has 2 rings (SSSR count). The van der Waals surface area contributed by atoms with E-state index in [1.165, 1.54) is 18.3 Å². The zero-order valence-corrected chi connectivity index (χ0v) is 13.2. The molecule has 1 aromatic heterocycles. The molecule has 6 nitrogen and oxygen atoms in total. The first-order chi connectivity index (χ1) is 11.0. The summed E-state index contributed by atoms with van der Waals surface area (Å²) in [6, 6.07) is 6.75. The summed E-state index contributed by atoms with van der Waals surface area (Å²) in [5.74, 6) is 0.976. The lowest BCUT2D eigenvalue weighted by Gasteiger charge is -2.06. The second-order valence-corrected chi connectivity index (χ2v) is 4.86. The Balaban J connectivity index is 2.13. The molecule has 0 radical (unpaired) electrons. The molecule has 2 aromatic rings. The molecule has 1 aromatic carbocycles. The largest absolute Gasteiger partial charge is 0.497 e. The average Bonchev–Trinajstić information content (AvgIpc) is 2.55. The van der Waals surface area contributed by atoms with Crippen LogP contribution in [0.1, 0.15) is 11.1 Å². The van der Waals surface area contributed by atoms with Gasteiger partial charge >= 0.3 is 0 Å². The zero-order valence-electron chi connectivity index (χ0n) is 13.2. The minimum atomic E-state index is -0.304. The van der Waals surface area contributed by atoms with Crippen LogP contribution >= 0.6 is 0 Å². The molecule has 0 spiro atoms. The summed E-state index contributed by atoms with van der Waals surface area (Å²) in [6.07, 6.45) is 4.53. The van der Waals surface area contributed by atoms with Crippen molar-refractivity contribution in [2.75, 3.05) is 19.5 Å². The van der Waals surface area contributed by atoms with Crippen LogP contribution in [-0.2, 0) is 4.79 Å². The molecule has 2 N–H and O–H groups in total. The highest BCUT2D eigenvalue weighted by Crippen LogP contribution is 2.23. The summed E-state index contributed by atoms with van der Waals surface area (Å²) < 4.78 is 10.4. The number of carbonyl (C=O) groups is 1. The van der Waals surface area contributed by atoms with Crippen molar-refractivity contribution in [2.45, 2.75) is 6.92 Å². The predicted molar refractivity (Wildman–Crippen MR) is 89.0 cm³/mol. The third kappa shape index (κ3) is 4.47. The van der Waals surface area contributed by atoms with Crippen molar-refractivity contribution in [2.24, 2.45) is 0 Å². The lowest BCUT2D eigenvalue weighted by Crippen LogP contribution is -2.12. The van der Waals surface area contributed by atoms with Crippen LogP contribution in [0.25, 0.3) is 6.08 Å². The first-order valence-electron chi connectivity index (χ1n) is 6.93. The third-order valence-electron chi connectivity index (χ3n) is 3.19. The molecule has 0 aliphatic heterocycles. The molecule has 120 valence electrons. The molecular weight excluding hydrogens is 296 g/mol. The number of H-pyrrole nitrogens is 1. The maximum Gasteiger partial charge on any atom is 0.248 e. The topological polar surface area (TPSA) is 80.4 Å². The minimum absolute atomic E-state index is 0.209. The molecule has 0 aliphatic carbocycles. The maximum absolute atomic E-state index is 12.0. The van der Waals surface area contributed by atoms with E-state index in [0.29, 0.717) is 22.7 Å². The number of methoxy groups -OCH3 is 2. The van der Waals surface area contributed by atoms with Gasteiger partial charge in [-0.1, -0.05) is 0 Å². The van der Waals surface area contributed by atoms with Gasteiger partial charge in [0.05, 0.1) is 19.9 Å². The molecule has 0 fully saturated rings. The molecule has 0 atom stereocenters. The minimum Gasteiger partial charge on any atom is -0.497 e. The van der Waals surface area contributed by atoms with Crippen molar-refractivity contribution >= 4 is 17.7 Å². The van der Waals surface area contributed by atoms with Crippen LogP contribution in [-0.4, -0.2) is 25.1 Å². The van der Waals surface area contributed by atoms with Gasteiger partial charge < -0.3 is 19.8 Å². The molecule has 1 heterocycles. The van der Waals surface area contributed by atoms with Gasteiger partial charge in [-0.15, -0.1) is 0 Å². The SMILES string of the molecule is COc1cc(C=CC(=O)Nc2c[nH]c(=O)cc2C)cc(OC)c1. The Hall–Kier alpha value is -3.02. The Labute approximate surface area is 133 Å². The van der Waals surface area contributed by atoms with Crippen molar-refractivity contribution in [3.8, 4) is 11.5 Å². The van der Waals surface area contributed by atoms with E-state index in [2.05, 4.69) is 10.3 Å². The van der Waals surface area contributed by atoms with Crippen molar-refractivity contribution in [3.63, 3.8) is 0 Å². The van der Waals surface area contributed by atoms with Gasteiger partial charge in [-0.2, -0.15) is 0 Å². The van der Waals surface area contributed by atoms with Gasteiger partial charge in [-0.05, 0) is 36.3 Å². The number of benzene rings is 1. The van der Waals surface area contributed by atoms with Gasteiger partial charge in [0, 0.05) is 24.4 Å². The van der Waals surface area contributed by atoms with E-state index < -0.39 is 0 Å². The summed E-state index contributed by atoms with van der Waals surface area (Å²) >= 11 is 0. The summed E-state index contributed by atoms with van der Waals surface area (Å²) in [5, 5.41) is 2.71. The van der Waals surface area contributed by atoms with E-state index in [1.54, 1.807) is 45.4 Å². The van der Waals surface area contributed by atoms with Crippen LogP contribution in [0.2, 0.25) is 0 Å². The second-order valence-electron chi connectivity index (χ2n) is 4.86. The van der Waals surface area contributed by atoms with E-state index in [9.17, 15) is 9.59 Å². The molecule has 0 saturated carbocycles. The fourth-order valence-electron chi connectivity index (χ4n) is 1.98. The van der Waals surface area contributed by atoms with E-state index in [0.717, 1.165) is 5.56 Å². The molecular formula is C17H18N2O4. The van der Waals surface area contributed by atoms with Gasteiger partial charge in [0.1, 0.15) is 11.5 Å². The molecule has 23 heavy (non-hydrogen) atoms. The number of ether oxygens (including phenoxy) is 2. The number of hydrogen-bond donors (Lipinski definition) is 2. The first kappa shape index (κ1) is 16.4. The smallest absolute Gasteiger partial charge is 0.248 e. The van der Waals surface area contributed by atoms with Crippen LogP contribution in [0.5, 0.6) is 11.5 Å². The van der Waals surface area contributed by atoms with E-state index >= 15 is 0 Å². The molecule has 6 heteroatoms. The number of amides is 1. The number of anilines is 1. The fourth-order valence-corrected chi connectivity index (χ4v) is 1.98. The van der Waals surface area contributed by atoms with Crippen molar-refractivity contribution in [3.05, 3.63) is 58.0 Å². The van der Waals surface area contributed by atoms with Crippen LogP contribution in [0.4, 0.5) is 5.69 Å².